The van der Waals surface area contributed by atoms with Crippen molar-refractivity contribution in [3.05, 3.63) is 83.9 Å². The van der Waals surface area contributed by atoms with Crippen molar-refractivity contribution in [1.29, 1.82) is 0 Å². The Morgan fingerprint density at radius 1 is 0.759 bits per heavy atom. The summed E-state index contributed by atoms with van der Waals surface area (Å²) in [5.74, 6) is -6.63. The van der Waals surface area contributed by atoms with Crippen molar-refractivity contribution in [2.75, 3.05) is 25.6 Å². The molecular formula is C41H56N6O10S. The number of aliphatic carboxylic acids is 2. The third kappa shape index (κ3) is 18.0. The zero-order chi connectivity index (χ0) is 43.2. The lowest BCUT2D eigenvalue weighted by molar-refractivity contribution is -0.143. The van der Waals surface area contributed by atoms with Crippen LogP contribution in [0.4, 0.5) is 0 Å². The topological polar surface area (TPSA) is 254 Å². The number of carboxylic acids is 2. The first-order chi connectivity index (χ1) is 27.5. The first-order valence-corrected chi connectivity index (χ1v) is 20.3. The molecule has 0 saturated heterocycles. The van der Waals surface area contributed by atoms with Gasteiger partial charge < -0.3 is 42.1 Å². The number of rotatable bonds is 26. The quantitative estimate of drug-likeness (QED) is 0.0672. The fraction of sp³-hybridized carbons (Fsp3) is 0.463. The maximum absolute atomic E-state index is 14.3. The van der Waals surface area contributed by atoms with E-state index >= 15 is 0 Å². The van der Waals surface area contributed by atoms with Gasteiger partial charge in [0.2, 0.25) is 35.4 Å². The lowest BCUT2D eigenvalue weighted by Gasteiger charge is -2.32. The summed E-state index contributed by atoms with van der Waals surface area (Å²) in [5, 5.41) is 28.8. The summed E-state index contributed by atoms with van der Waals surface area (Å²) in [4.78, 5) is 103. The van der Waals surface area contributed by atoms with Gasteiger partial charge in [-0.15, -0.1) is 0 Å². The van der Waals surface area contributed by atoms with E-state index in [-0.39, 0.29) is 31.2 Å². The standard InChI is InChI=1S/C41H56N6O10S/c1-26(2)22-29(38(54)45-30(37(42)53)19-21-58-4)16-11-20-43-40(56)33(24-28-14-9-6-10-15-28)47(3)41(57)32(23-27-12-7-5-8-13-27)46-39(55)31(25-36(51)52)44-34(48)17-18-35(49)50/h5-16,26,29-33H,17-25H2,1-4H3,(H2,42,53)(H,43,56)(H,44,48)(H,45,54)(H,46,55)(H,49,50)(H,51,52)/b16-11+/t29-,30-,31-,32-,33-/m0/s1. The summed E-state index contributed by atoms with van der Waals surface area (Å²) in [5.41, 5.74) is 6.89. The Hall–Kier alpha value is -5.71. The van der Waals surface area contributed by atoms with Gasteiger partial charge in [-0.2, -0.15) is 11.8 Å². The van der Waals surface area contributed by atoms with Gasteiger partial charge >= 0.3 is 11.9 Å². The second-order valence-electron chi connectivity index (χ2n) is 14.2. The minimum atomic E-state index is -1.64. The average molecular weight is 825 g/mol. The highest BCUT2D eigenvalue weighted by molar-refractivity contribution is 7.98. The number of carboxylic acid groups (broad SMARTS) is 2. The van der Waals surface area contributed by atoms with Crippen LogP contribution in [0.25, 0.3) is 0 Å². The number of carbonyl (C=O) groups excluding carboxylic acids is 6. The van der Waals surface area contributed by atoms with Crippen LogP contribution in [0.2, 0.25) is 0 Å². The molecule has 0 unspecified atom stereocenters. The molecule has 16 nitrogen and oxygen atoms in total. The van der Waals surface area contributed by atoms with Crippen molar-refractivity contribution < 1.29 is 48.6 Å². The molecule has 5 atom stereocenters. The van der Waals surface area contributed by atoms with Crippen LogP contribution in [0, 0.1) is 11.8 Å². The highest BCUT2D eigenvalue weighted by atomic mass is 32.2. The first-order valence-electron chi connectivity index (χ1n) is 18.9. The molecule has 0 heterocycles. The van der Waals surface area contributed by atoms with Crippen LogP contribution in [-0.4, -0.2) is 112 Å². The molecule has 316 valence electrons. The van der Waals surface area contributed by atoms with Crippen LogP contribution in [0.3, 0.4) is 0 Å². The zero-order valence-electron chi connectivity index (χ0n) is 33.3. The van der Waals surface area contributed by atoms with Crippen molar-refractivity contribution in [3.63, 3.8) is 0 Å². The first kappa shape index (κ1) is 48.4. The maximum atomic E-state index is 14.3. The third-order valence-corrected chi connectivity index (χ3v) is 9.62. The molecule has 2 aromatic rings. The van der Waals surface area contributed by atoms with E-state index in [0.717, 1.165) is 5.56 Å². The van der Waals surface area contributed by atoms with Gasteiger partial charge in [0, 0.05) is 32.9 Å². The van der Waals surface area contributed by atoms with Gasteiger partial charge in [0.15, 0.2) is 0 Å². The Labute approximate surface area is 343 Å². The molecule has 0 radical (unpaired) electrons. The van der Waals surface area contributed by atoms with Crippen LogP contribution in [0.15, 0.2) is 72.8 Å². The van der Waals surface area contributed by atoms with E-state index < -0.39 is 90.8 Å². The summed E-state index contributed by atoms with van der Waals surface area (Å²) in [6, 6.07) is 12.7. The maximum Gasteiger partial charge on any atom is 0.305 e. The van der Waals surface area contributed by atoms with Gasteiger partial charge in [0.05, 0.1) is 18.8 Å². The molecule has 6 amide bonds. The highest BCUT2D eigenvalue weighted by Gasteiger charge is 2.34. The van der Waals surface area contributed by atoms with Crippen LogP contribution in [0.5, 0.6) is 0 Å². The largest absolute Gasteiger partial charge is 0.481 e. The van der Waals surface area contributed by atoms with E-state index in [1.807, 2.05) is 20.1 Å². The van der Waals surface area contributed by atoms with E-state index in [1.165, 1.54) is 23.7 Å². The number of hydrogen-bond donors (Lipinski definition) is 7. The Morgan fingerprint density at radius 3 is 1.88 bits per heavy atom. The minimum absolute atomic E-state index is 0.0115. The Balaban J connectivity index is 2.37. The summed E-state index contributed by atoms with van der Waals surface area (Å²) in [7, 11) is 1.41. The van der Waals surface area contributed by atoms with Crippen molar-refractivity contribution >= 4 is 59.1 Å². The van der Waals surface area contributed by atoms with Gasteiger partial charge in [-0.1, -0.05) is 86.7 Å². The normalized spacial score (nSPS) is 13.7. The molecule has 17 heteroatoms. The molecule has 2 aromatic carbocycles. The summed E-state index contributed by atoms with van der Waals surface area (Å²) in [6.45, 7) is 3.89. The van der Waals surface area contributed by atoms with Crippen LogP contribution in [-0.2, 0) is 51.2 Å². The molecule has 58 heavy (non-hydrogen) atoms. The van der Waals surface area contributed by atoms with Crippen molar-refractivity contribution in [1.82, 2.24) is 26.2 Å². The van der Waals surface area contributed by atoms with Gasteiger partial charge in [-0.25, -0.2) is 0 Å². The number of thioether (sulfide) groups is 1. The van der Waals surface area contributed by atoms with E-state index in [9.17, 15) is 43.5 Å². The van der Waals surface area contributed by atoms with E-state index in [2.05, 4.69) is 21.3 Å². The Bertz CT molecular complexity index is 1730. The van der Waals surface area contributed by atoms with Crippen molar-refractivity contribution in [3.8, 4) is 0 Å². The Morgan fingerprint density at radius 2 is 1.34 bits per heavy atom. The molecule has 0 aliphatic heterocycles. The van der Waals surface area contributed by atoms with Crippen LogP contribution < -0.4 is 27.0 Å². The SMILES string of the molecule is CSCC[C@H](NC(=O)[C@@H](/C=C/CNC(=O)[C@H](Cc1ccccc1)N(C)C(=O)[C@H](Cc1ccccc1)NC(=O)[C@H](CC(=O)O)NC(=O)CCC(=O)O)CC(C)C)C(N)=O. The lowest BCUT2D eigenvalue weighted by Crippen LogP contribution is -2.58. The molecule has 0 aliphatic carbocycles. The molecule has 8 N–H and O–H groups in total. The molecule has 0 bridgehead atoms. The number of benzene rings is 2. The second kappa shape index (κ2) is 25.5. The number of nitrogens with one attached hydrogen (secondary N) is 4. The van der Waals surface area contributed by atoms with E-state index in [1.54, 1.807) is 72.8 Å². The fourth-order valence-electron chi connectivity index (χ4n) is 5.93. The number of nitrogens with zero attached hydrogens (tertiary/aromatic N) is 1. The van der Waals surface area contributed by atoms with Crippen LogP contribution >= 0.6 is 11.8 Å². The second-order valence-corrected chi connectivity index (χ2v) is 15.2. The number of amides is 6. The molecule has 0 aromatic heterocycles. The monoisotopic (exact) mass is 824 g/mol. The number of hydrogen-bond acceptors (Lipinski definition) is 9. The number of carbonyl (C=O) groups is 8. The van der Waals surface area contributed by atoms with Crippen molar-refractivity contribution in [2.45, 2.75) is 83.0 Å². The Kier molecular flexibility index (Phi) is 21.3. The minimum Gasteiger partial charge on any atom is -0.481 e. The molecule has 0 aliphatic rings. The summed E-state index contributed by atoms with van der Waals surface area (Å²) < 4.78 is 0. The van der Waals surface area contributed by atoms with Crippen LogP contribution in [0.1, 0.15) is 57.1 Å². The number of likely N-dealkylation sites (N-methyl/N-ethyl adjacent to an activating group) is 1. The zero-order valence-corrected chi connectivity index (χ0v) is 34.2. The molecule has 0 saturated carbocycles. The predicted molar refractivity (Wildman–Crippen MR) is 219 cm³/mol. The third-order valence-electron chi connectivity index (χ3n) is 8.98. The van der Waals surface area contributed by atoms with Gasteiger partial charge in [0.25, 0.3) is 0 Å². The molecule has 0 spiro atoms. The van der Waals surface area contributed by atoms with Crippen molar-refractivity contribution in [2.24, 2.45) is 17.6 Å². The van der Waals surface area contributed by atoms with E-state index in [4.69, 9.17) is 10.8 Å². The molecular weight excluding hydrogens is 769 g/mol. The number of primary amides is 1. The average Bonchev–Trinajstić information content (AvgIpc) is 3.17. The number of nitrogens with two attached hydrogens (primary N) is 1. The van der Waals surface area contributed by atoms with Gasteiger partial charge in [-0.3, -0.25) is 38.4 Å². The highest BCUT2D eigenvalue weighted by Crippen LogP contribution is 2.16. The lowest BCUT2D eigenvalue weighted by atomic mass is 9.95. The van der Waals surface area contributed by atoms with E-state index in [0.29, 0.717) is 24.2 Å². The molecule has 2 rings (SSSR count). The smallest absolute Gasteiger partial charge is 0.305 e. The van der Waals surface area contributed by atoms with Gasteiger partial charge in [-0.05, 0) is 41.9 Å². The molecule has 0 fully saturated rings. The summed E-state index contributed by atoms with van der Waals surface area (Å²) >= 11 is 1.53. The summed E-state index contributed by atoms with van der Waals surface area (Å²) in [6.07, 6.45) is 4.14. The predicted octanol–water partition coefficient (Wildman–Crippen LogP) is 1.67. The fourth-order valence-corrected chi connectivity index (χ4v) is 6.40. The van der Waals surface area contributed by atoms with Gasteiger partial charge in [0.1, 0.15) is 24.2 Å².